The molecule has 1 aliphatic heterocycles. The molecule has 0 radical (unpaired) electrons. The van der Waals surface area contributed by atoms with Crippen LogP contribution in [0, 0.1) is 0 Å². The second-order valence-electron chi connectivity index (χ2n) is 9.12. The van der Waals surface area contributed by atoms with E-state index >= 15 is 0 Å². The number of thiophene rings is 1. The monoisotopic (exact) mass is 452 g/mol. The van der Waals surface area contributed by atoms with Crippen molar-refractivity contribution in [2.24, 2.45) is 5.73 Å². The smallest absolute Gasteiger partial charge is 0.410 e. The van der Waals surface area contributed by atoms with E-state index in [0.717, 1.165) is 35.0 Å². The minimum Gasteiger partial charge on any atom is -0.444 e. The second-order valence-corrected chi connectivity index (χ2v) is 10.1. The third-order valence-electron chi connectivity index (χ3n) is 5.54. The number of primary amides is 1. The summed E-state index contributed by atoms with van der Waals surface area (Å²) >= 11 is 1.22. The van der Waals surface area contributed by atoms with E-state index in [1.807, 2.05) is 57.2 Å². The van der Waals surface area contributed by atoms with Gasteiger partial charge in [0.15, 0.2) is 0 Å². The third-order valence-corrected chi connectivity index (χ3v) is 6.65. The summed E-state index contributed by atoms with van der Waals surface area (Å²) in [5, 5.41) is 0.763. The van der Waals surface area contributed by atoms with Crippen molar-refractivity contribution in [1.29, 1.82) is 0 Å². The van der Waals surface area contributed by atoms with Crippen LogP contribution in [0.2, 0.25) is 0 Å². The molecule has 1 fully saturated rings. The van der Waals surface area contributed by atoms with Crippen LogP contribution < -0.4 is 11.5 Å². The first kappa shape index (κ1) is 22.1. The van der Waals surface area contributed by atoms with E-state index in [1.54, 1.807) is 4.90 Å². The highest BCUT2D eigenvalue weighted by Gasteiger charge is 2.31. The molecule has 3 aromatic rings. The molecule has 1 aliphatic rings. The summed E-state index contributed by atoms with van der Waals surface area (Å²) in [6.07, 6.45) is 1.43. The molecule has 4 N–H and O–H groups in total. The number of aromatic nitrogens is 1. The van der Waals surface area contributed by atoms with E-state index in [2.05, 4.69) is 0 Å². The number of anilines is 1. The lowest BCUT2D eigenvalue weighted by atomic mass is 9.88. The molecule has 2 amide bonds. The lowest BCUT2D eigenvalue weighted by molar-refractivity contribution is 0.0198. The zero-order valence-electron chi connectivity index (χ0n) is 18.6. The highest BCUT2D eigenvalue weighted by Crippen LogP contribution is 2.41. The zero-order valence-corrected chi connectivity index (χ0v) is 19.4. The number of carbonyl (C=O) groups is 2. The number of hydrogen-bond acceptors (Lipinski definition) is 6. The minimum absolute atomic E-state index is 0.0434. The van der Waals surface area contributed by atoms with E-state index in [0.29, 0.717) is 28.5 Å². The standard InChI is InChI=1S/C24H28N4O3S/c1-24(2,3)31-23(30)28-11-7-10-15(13-28)16-12-17(14-8-5-4-6-9-14)27-22-18(16)19(25)20(32-22)21(26)29/h4-6,8-9,12,15H,7,10-11,13,25H2,1-3H3,(H2,26,29). The summed E-state index contributed by atoms with van der Waals surface area (Å²) in [5.41, 5.74) is 14.5. The van der Waals surface area contributed by atoms with Crippen molar-refractivity contribution >= 4 is 39.2 Å². The van der Waals surface area contributed by atoms with Crippen LogP contribution in [0.5, 0.6) is 0 Å². The van der Waals surface area contributed by atoms with Gasteiger partial charge in [0.05, 0.1) is 11.4 Å². The number of nitrogen functional groups attached to an aromatic ring is 1. The Bertz CT molecular complexity index is 1170. The van der Waals surface area contributed by atoms with Gasteiger partial charge in [0.25, 0.3) is 5.91 Å². The van der Waals surface area contributed by atoms with Crippen molar-refractivity contribution < 1.29 is 14.3 Å². The molecule has 1 saturated heterocycles. The number of nitrogens with zero attached hydrogens (tertiary/aromatic N) is 2. The van der Waals surface area contributed by atoms with Gasteiger partial charge in [-0.2, -0.15) is 0 Å². The number of rotatable bonds is 3. The maximum atomic E-state index is 12.7. The lowest BCUT2D eigenvalue weighted by Gasteiger charge is -2.34. The SMILES string of the molecule is CC(C)(C)OC(=O)N1CCCC(c2cc(-c3ccccc3)nc3sc(C(N)=O)c(N)c23)C1. The average molecular weight is 453 g/mol. The summed E-state index contributed by atoms with van der Waals surface area (Å²) in [4.78, 5) is 32.2. The van der Waals surface area contributed by atoms with Gasteiger partial charge >= 0.3 is 6.09 Å². The van der Waals surface area contributed by atoms with Crippen LogP contribution in [0.3, 0.4) is 0 Å². The van der Waals surface area contributed by atoms with Crippen molar-refractivity contribution in [2.75, 3.05) is 18.8 Å². The highest BCUT2D eigenvalue weighted by atomic mass is 32.1. The Balaban J connectivity index is 1.79. The van der Waals surface area contributed by atoms with Gasteiger partial charge in [-0.3, -0.25) is 4.79 Å². The number of benzene rings is 1. The Kier molecular flexibility index (Phi) is 5.81. The molecule has 32 heavy (non-hydrogen) atoms. The van der Waals surface area contributed by atoms with Crippen molar-refractivity contribution in [3.8, 4) is 11.3 Å². The minimum atomic E-state index is -0.559. The number of hydrogen-bond donors (Lipinski definition) is 2. The molecule has 3 heterocycles. The fourth-order valence-electron chi connectivity index (χ4n) is 4.14. The summed E-state index contributed by atoms with van der Waals surface area (Å²) in [6, 6.07) is 11.9. The first-order chi connectivity index (χ1) is 15.1. The Morgan fingerprint density at radius 3 is 2.59 bits per heavy atom. The number of ether oxygens (including phenoxy) is 1. The van der Waals surface area contributed by atoms with Gasteiger partial charge in [0, 0.05) is 30.0 Å². The normalized spacial score (nSPS) is 16.8. The molecule has 4 rings (SSSR count). The number of nitrogens with two attached hydrogens (primary N) is 2. The average Bonchev–Trinajstić information content (AvgIpc) is 3.09. The van der Waals surface area contributed by atoms with Crippen LogP contribution in [-0.2, 0) is 4.74 Å². The van der Waals surface area contributed by atoms with Crippen molar-refractivity contribution in [2.45, 2.75) is 45.1 Å². The van der Waals surface area contributed by atoms with Crippen molar-refractivity contribution in [1.82, 2.24) is 9.88 Å². The first-order valence-electron chi connectivity index (χ1n) is 10.7. The molecule has 7 nitrogen and oxygen atoms in total. The molecule has 2 aromatic heterocycles. The summed E-state index contributed by atoms with van der Waals surface area (Å²) < 4.78 is 5.59. The summed E-state index contributed by atoms with van der Waals surface area (Å²) in [7, 11) is 0. The predicted octanol–water partition coefficient (Wildman–Crippen LogP) is 4.76. The summed E-state index contributed by atoms with van der Waals surface area (Å²) in [5.74, 6) is -0.515. The van der Waals surface area contributed by atoms with Gasteiger partial charge in [0.1, 0.15) is 15.3 Å². The second kappa shape index (κ2) is 8.43. The molecular formula is C24H28N4O3S. The molecule has 8 heteroatoms. The Morgan fingerprint density at radius 2 is 1.94 bits per heavy atom. The predicted molar refractivity (Wildman–Crippen MR) is 128 cm³/mol. The molecular weight excluding hydrogens is 424 g/mol. The van der Waals surface area contributed by atoms with Gasteiger partial charge in [-0.1, -0.05) is 30.3 Å². The number of fused-ring (bicyclic) bond motifs is 1. The lowest BCUT2D eigenvalue weighted by Crippen LogP contribution is -2.42. The zero-order chi connectivity index (χ0) is 23.0. The Labute approximate surface area is 191 Å². The number of pyridine rings is 1. The van der Waals surface area contributed by atoms with Crippen LogP contribution in [0.25, 0.3) is 21.5 Å². The molecule has 0 saturated carbocycles. The van der Waals surface area contributed by atoms with Crippen molar-refractivity contribution in [3.63, 3.8) is 0 Å². The maximum absolute atomic E-state index is 12.7. The van der Waals surface area contributed by atoms with E-state index in [1.165, 1.54) is 11.3 Å². The Morgan fingerprint density at radius 1 is 1.22 bits per heavy atom. The van der Waals surface area contributed by atoms with Crippen LogP contribution in [0.1, 0.15) is 54.8 Å². The molecule has 0 aliphatic carbocycles. The Hall–Kier alpha value is -3.13. The van der Waals surface area contributed by atoms with Crippen LogP contribution in [-0.4, -0.2) is 40.6 Å². The largest absolute Gasteiger partial charge is 0.444 e. The summed E-state index contributed by atoms with van der Waals surface area (Å²) in [6.45, 7) is 6.76. The van der Waals surface area contributed by atoms with E-state index < -0.39 is 11.5 Å². The van der Waals surface area contributed by atoms with E-state index in [-0.39, 0.29) is 12.0 Å². The fourth-order valence-corrected chi connectivity index (χ4v) is 5.12. The number of carbonyl (C=O) groups excluding carboxylic acids is 2. The van der Waals surface area contributed by atoms with Gasteiger partial charge in [-0.25, -0.2) is 9.78 Å². The van der Waals surface area contributed by atoms with Crippen molar-refractivity contribution in [3.05, 3.63) is 46.8 Å². The molecule has 0 bridgehead atoms. The molecule has 168 valence electrons. The van der Waals surface area contributed by atoms with Gasteiger partial charge < -0.3 is 21.1 Å². The molecule has 1 aromatic carbocycles. The van der Waals surface area contributed by atoms with Gasteiger partial charge in [-0.05, 0) is 45.2 Å². The highest BCUT2D eigenvalue weighted by molar-refractivity contribution is 7.21. The molecule has 0 spiro atoms. The first-order valence-corrected chi connectivity index (χ1v) is 11.5. The quantitative estimate of drug-likeness (QED) is 0.595. The molecule has 1 unspecified atom stereocenters. The van der Waals surface area contributed by atoms with Crippen LogP contribution in [0.4, 0.5) is 10.5 Å². The van der Waals surface area contributed by atoms with Gasteiger partial charge in [-0.15, -0.1) is 11.3 Å². The number of amides is 2. The van der Waals surface area contributed by atoms with Crippen LogP contribution in [0.15, 0.2) is 36.4 Å². The topological polar surface area (TPSA) is 112 Å². The third kappa shape index (κ3) is 4.41. The maximum Gasteiger partial charge on any atom is 0.410 e. The van der Waals surface area contributed by atoms with E-state index in [9.17, 15) is 9.59 Å². The van der Waals surface area contributed by atoms with Crippen LogP contribution >= 0.6 is 11.3 Å². The fraction of sp³-hybridized carbons (Fsp3) is 0.375. The van der Waals surface area contributed by atoms with E-state index in [4.69, 9.17) is 21.2 Å². The van der Waals surface area contributed by atoms with Gasteiger partial charge in [0.2, 0.25) is 0 Å². The number of piperidine rings is 1. The number of likely N-dealkylation sites (tertiary alicyclic amines) is 1. The molecule has 1 atom stereocenters.